The van der Waals surface area contributed by atoms with Gasteiger partial charge in [-0.1, -0.05) is 6.08 Å². The molecule has 0 radical (unpaired) electrons. The Morgan fingerprint density at radius 1 is 1.37 bits per heavy atom. The lowest BCUT2D eigenvalue weighted by molar-refractivity contribution is -0.139. The fraction of sp³-hybridized carbons (Fsp3) is 0.429. The smallest absolute Gasteiger partial charge is 0.348 e. The number of allylic oxidation sites excluding steroid dienone is 1. The Balaban J connectivity index is 2.45. The number of carbonyl (C=O) groups excluding carboxylic acids is 1. The third-order valence-corrected chi connectivity index (χ3v) is 4.57. The summed E-state index contributed by atoms with van der Waals surface area (Å²) in [5.41, 5.74) is 2.41. The van der Waals surface area contributed by atoms with Gasteiger partial charge in [-0.25, -0.2) is 9.18 Å². The van der Waals surface area contributed by atoms with Crippen molar-refractivity contribution in [3.63, 3.8) is 0 Å². The van der Waals surface area contributed by atoms with E-state index in [1.54, 1.807) is 12.1 Å². The summed E-state index contributed by atoms with van der Waals surface area (Å²) < 4.78 is 24.5. The lowest BCUT2D eigenvalue weighted by Crippen LogP contribution is -2.45. The van der Waals surface area contributed by atoms with E-state index in [1.165, 1.54) is 19.3 Å². The van der Waals surface area contributed by atoms with Crippen molar-refractivity contribution in [3.05, 3.63) is 40.7 Å². The number of fused-ring (bicyclic) bond motifs is 1. The third-order valence-electron chi connectivity index (χ3n) is 4.57. The van der Waals surface area contributed by atoms with Crippen molar-refractivity contribution >= 4 is 23.3 Å². The fourth-order valence-corrected chi connectivity index (χ4v) is 3.39. The lowest BCUT2D eigenvalue weighted by atomic mass is 9.87. The molecule has 5 nitrogen and oxygen atoms in total. The van der Waals surface area contributed by atoms with E-state index in [1.807, 2.05) is 13.8 Å². The molecule has 1 aliphatic heterocycles. The highest BCUT2D eigenvalue weighted by molar-refractivity contribution is 5.98. The van der Waals surface area contributed by atoms with Gasteiger partial charge in [0.25, 0.3) is 0 Å². The molecule has 0 fully saturated rings. The Morgan fingerprint density at radius 2 is 2.07 bits per heavy atom. The molecule has 0 amide bonds. The highest BCUT2D eigenvalue weighted by Crippen LogP contribution is 2.40. The summed E-state index contributed by atoms with van der Waals surface area (Å²) >= 11 is 0. The molecule has 0 saturated carbocycles. The fourth-order valence-electron chi connectivity index (χ4n) is 3.39. The van der Waals surface area contributed by atoms with Crippen LogP contribution in [0.3, 0.4) is 0 Å². The Kier molecular flexibility index (Phi) is 6.40. The second-order valence-corrected chi connectivity index (χ2v) is 6.91. The minimum absolute atomic E-state index is 0.0312. The summed E-state index contributed by atoms with van der Waals surface area (Å²) in [4.78, 5) is 14.1. The second kappa shape index (κ2) is 8.36. The van der Waals surface area contributed by atoms with Crippen molar-refractivity contribution < 1.29 is 18.7 Å². The van der Waals surface area contributed by atoms with Gasteiger partial charge in [0.15, 0.2) is 0 Å². The average molecular weight is 372 g/mol. The van der Waals surface area contributed by atoms with Gasteiger partial charge in [0.2, 0.25) is 0 Å². The van der Waals surface area contributed by atoms with Gasteiger partial charge in [-0.05, 0) is 51.5 Å². The minimum Gasteiger partial charge on any atom is -0.459 e. The van der Waals surface area contributed by atoms with Crippen molar-refractivity contribution in [2.75, 3.05) is 31.8 Å². The Hall–Kier alpha value is -2.65. The number of nitrogens with zero attached hydrogens (tertiary/aromatic N) is 2. The SMILES string of the molecule is CCN1c2cc(F)c(/C=C(/C#N)C(=O)OCCOC)cc2C(C)=CC1(C)C. The van der Waals surface area contributed by atoms with Crippen LogP contribution in [0.15, 0.2) is 23.8 Å². The van der Waals surface area contributed by atoms with E-state index in [9.17, 15) is 14.4 Å². The predicted molar refractivity (Wildman–Crippen MR) is 104 cm³/mol. The molecular formula is C21H25FN2O3. The standard InChI is InChI=1S/C21H25FN2O3/c1-6-24-19-11-18(22)15(10-17(19)14(2)12-21(24,3)4)9-16(13-23)20(25)27-8-7-26-5/h9-12H,6-8H2,1-5H3/b16-9-. The highest BCUT2D eigenvalue weighted by Gasteiger charge is 2.31. The number of methoxy groups -OCH3 is 1. The van der Waals surface area contributed by atoms with E-state index in [4.69, 9.17) is 9.47 Å². The maximum atomic E-state index is 14.8. The number of esters is 1. The molecule has 0 aliphatic carbocycles. The van der Waals surface area contributed by atoms with Crippen LogP contribution in [0.2, 0.25) is 0 Å². The van der Waals surface area contributed by atoms with Gasteiger partial charge >= 0.3 is 5.97 Å². The van der Waals surface area contributed by atoms with Gasteiger partial charge in [-0.2, -0.15) is 5.26 Å². The van der Waals surface area contributed by atoms with Crippen molar-refractivity contribution in [3.8, 4) is 6.07 Å². The topological polar surface area (TPSA) is 62.6 Å². The molecule has 0 unspecified atom stereocenters. The first-order chi connectivity index (χ1) is 12.7. The van der Waals surface area contributed by atoms with Gasteiger partial charge in [0, 0.05) is 30.5 Å². The number of anilines is 1. The summed E-state index contributed by atoms with van der Waals surface area (Å²) in [6, 6.07) is 4.92. The number of hydrogen-bond acceptors (Lipinski definition) is 5. The molecule has 0 atom stereocenters. The van der Waals surface area contributed by atoms with Crippen molar-refractivity contribution in [1.29, 1.82) is 5.26 Å². The van der Waals surface area contributed by atoms with E-state index in [0.717, 1.165) is 23.4 Å². The average Bonchev–Trinajstić information content (AvgIpc) is 2.60. The molecule has 27 heavy (non-hydrogen) atoms. The van der Waals surface area contributed by atoms with Crippen molar-refractivity contribution in [2.24, 2.45) is 0 Å². The maximum Gasteiger partial charge on any atom is 0.348 e. The first kappa shape index (κ1) is 20.7. The molecule has 1 heterocycles. The molecule has 1 aromatic carbocycles. The van der Waals surface area contributed by atoms with Crippen molar-refractivity contribution in [1.82, 2.24) is 0 Å². The molecule has 0 saturated heterocycles. The van der Waals surface area contributed by atoms with E-state index in [0.29, 0.717) is 0 Å². The molecule has 1 aliphatic rings. The number of benzene rings is 1. The summed E-state index contributed by atoms with van der Waals surface area (Å²) in [7, 11) is 1.48. The molecule has 144 valence electrons. The summed E-state index contributed by atoms with van der Waals surface area (Å²) in [5.74, 6) is -1.29. The normalized spacial score (nSPS) is 15.7. The van der Waals surface area contributed by atoms with Gasteiger partial charge in [-0.3, -0.25) is 0 Å². The monoisotopic (exact) mass is 372 g/mol. The van der Waals surface area contributed by atoms with Gasteiger partial charge in [0.05, 0.1) is 12.1 Å². The first-order valence-electron chi connectivity index (χ1n) is 8.84. The van der Waals surface area contributed by atoms with Crippen LogP contribution in [0.5, 0.6) is 0 Å². The summed E-state index contributed by atoms with van der Waals surface area (Å²) in [6.45, 7) is 9.15. The van der Waals surface area contributed by atoms with Gasteiger partial charge in [-0.15, -0.1) is 0 Å². The van der Waals surface area contributed by atoms with E-state index < -0.39 is 11.8 Å². The molecule has 0 N–H and O–H groups in total. The number of ether oxygens (including phenoxy) is 2. The molecule has 0 bridgehead atoms. The molecular weight excluding hydrogens is 347 g/mol. The molecule has 2 rings (SSSR count). The second-order valence-electron chi connectivity index (χ2n) is 6.91. The Morgan fingerprint density at radius 3 is 2.67 bits per heavy atom. The van der Waals surface area contributed by atoms with E-state index >= 15 is 0 Å². The van der Waals surface area contributed by atoms with Crippen molar-refractivity contribution in [2.45, 2.75) is 33.2 Å². The Labute approximate surface area is 159 Å². The quantitative estimate of drug-likeness (QED) is 0.328. The number of hydrogen-bond donors (Lipinski definition) is 0. The maximum absolute atomic E-state index is 14.8. The number of halogens is 1. The zero-order chi connectivity index (χ0) is 20.2. The number of rotatable bonds is 6. The van der Waals surface area contributed by atoms with Crippen LogP contribution >= 0.6 is 0 Å². The minimum atomic E-state index is -0.796. The van der Waals surface area contributed by atoms with E-state index in [-0.39, 0.29) is 29.9 Å². The number of likely N-dealkylation sites (N-methyl/N-ethyl adjacent to an activating group) is 1. The van der Waals surface area contributed by atoms with Crippen LogP contribution < -0.4 is 4.90 Å². The van der Waals surface area contributed by atoms with Crippen LogP contribution in [0.25, 0.3) is 11.6 Å². The summed E-state index contributed by atoms with van der Waals surface area (Å²) in [6.07, 6.45) is 3.36. The zero-order valence-electron chi connectivity index (χ0n) is 16.4. The molecule has 1 aromatic rings. The van der Waals surface area contributed by atoms with Crippen LogP contribution in [-0.4, -0.2) is 38.4 Å². The van der Waals surface area contributed by atoms with Crippen LogP contribution in [0.4, 0.5) is 10.1 Å². The number of nitriles is 1. The third kappa shape index (κ3) is 4.37. The van der Waals surface area contributed by atoms with Gasteiger partial charge < -0.3 is 14.4 Å². The number of carbonyl (C=O) groups is 1. The van der Waals surface area contributed by atoms with Crippen LogP contribution in [-0.2, 0) is 14.3 Å². The summed E-state index contributed by atoms with van der Waals surface area (Å²) in [5, 5.41) is 9.25. The first-order valence-corrected chi connectivity index (χ1v) is 8.84. The predicted octanol–water partition coefficient (Wildman–Crippen LogP) is 3.94. The zero-order valence-corrected chi connectivity index (χ0v) is 16.4. The van der Waals surface area contributed by atoms with Crippen LogP contribution in [0, 0.1) is 17.1 Å². The molecule has 6 heteroatoms. The largest absolute Gasteiger partial charge is 0.459 e. The van der Waals surface area contributed by atoms with E-state index in [2.05, 4.69) is 24.8 Å². The Bertz CT molecular complexity index is 835. The highest BCUT2D eigenvalue weighted by atomic mass is 19.1. The molecule has 0 aromatic heterocycles. The lowest BCUT2D eigenvalue weighted by Gasteiger charge is -2.42. The molecule has 0 spiro atoms. The van der Waals surface area contributed by atoms with Gasteiger partial charge in [0.1, 0.15) is 24.1 Å². The van der Waals surface area contributed by atoms with Crippen LogP contribution in [0.1, 0.15) is 38.8 Å².